The van der Waals surface area contributed by atoms with E-state index in [2.05, 4.69) is 0 Å². The Balaban J connectivity index is 1.45. The highest BCUT2D eigenvalue weighted by atomic mass is 35.5. The number of benzene rings is 1. The zero-order valence-electron chi connectivity index (χ0n) is 10.9. The highest BCUT2D eigenvalue weighted by Crippen LogP contribution is 2.70. The van der Waals surface area contributed by atoms with Crippen LogP contribution in [0.1, 0.15) is 24.8 Å². The molecule has 0 aromatic heterocycles. The summed E-state index contributed by atoms with van der Waals surface area (Å²) in [5.74, 6) is 4.11. The Morgan fingerprint density at radius 3 is 2.58 bits per heavy atom. The molecular formula is C16H19ClFN. The second kappa shape index (κ2) is 4.20. The van der Waals surface area contributed by atoms with Crippen LogP contribution in [0.4, 0.5) is 4.39 Å². The van der Waals surface area contributed by atoms with E-state index in [1.807, 2.05) is 6.07 Å². The van der Waals surface area contributed by atoms with E-state index in [4.69, 9.17) is 17.3 Å². The third-order valence-corrected chi connectivity index (χ3v) is 6.03. The summed E-state index contributed by atoms with van der Waals surface area (Å²) in [5, 5.41) is 0.209. The molecule has 0 amide bonds. The third kappa shape index (κ3) is 1.84. The van der Waals surface area contributed by atoms with Gasteiger partial charge in [0.2, 0.25) is 0 Å². The SMILES string of the molecule is NC(Cc1ccc(F)c(Cl)c1)C1C2C3CCC(C3)C12. The standard InChI is InChI=1S/C16H19ClFN/c17-11-5-8(1-4-12(11)18)6-13(19)16-14-9-2-3-10(7-9)15(14)16/h1,4-5,9-10,13-16H,2-3,6-7,19H2. The highest BCUT2D eigenvalue weighted by Gasteiger charge is 2.65. The second-order valence-electron chi connectivity index (χ2n) is 6.68. The minimum absolute atomic E-state index is 0.209. The van der Waals surface area contributed by atoms with E-state index in [1.165, 1.54) is 25.3 Å². The molecule has 2 bridgehead atoms. The Morgan fingerprint density at radius 1 is 1.26 bits per heavy atom. The van der Waals surface area contributed by atoms with Gasteiger partial charge in [-0.2, -0.15) is 0 Å². The van der Waals surface area contributed by atoms with Crippen molar-refractivity contribution in [3.05, 3.63) is 34.6 Å². The quantitative estimate of drug-likeness (QED) is 0.898. The van der Waals surface area contributed by atoms with Crippen LogP contribution >= 0.6 is 11.6 Å². The average Bonchev–Trinajstić information content (AvgIpc) is 2.83. The molecule has 0 heterocycles. The number of halogens is 2. The molecule has 0 aliphatic heterocycles. The maximum atomic E-state index is 13.1. The molecule has 1 aromatic carbocycles. The van der Waals surface area contributed by atoms with E-state index in [0.717, 1.165) is 41.6 Å². The molecule has 19 heavy (non-hydrogen) atoms. The molecule has 3 fully saturated rings. The molecule has 4 rings (SSSR count). The first-order valence-electron chi connectivity index (χ1n) is 7.34. The topological polar surface area (TPSA) is 26.0 Å². The zero-order valence-corrected chi connectivity index (χ0v) is 11.6. The molecule has 3 aliphatic carbocycles. The Bertz CT molecular complexity index is 501. The van der Waals surface area contributed by atoms with Crippen LogP contribution in [0.25, 0.3) is 0 Å². The average molecular weight is 280 g/mol. The van der Waals surface area contributed by atoms with Gasteiger partial charge >= 0.3 is 0 Å². The lowest BCUT2D eigenvalue weighted by molar-refractivity contribution is 0.409. The number of fused-ring (bicyclic) bond motifs is 5. The number of nitrogens with two attached hydrogens (primary N) is 1. The molecule has 0 saturated heterocycles. The molecule has 0 radical (unpaired) electrons. The van der Waals surface area contributed by atoms with Crippen molar-refractivity contribution in [2.75, 3.05) is 0 Å². The Kier molecular flexibility index (Phi) is 2.69. The van der Waals surface area contributed by atoms with E-state index in [9.17, 15) is 4.39 Å². The second-order valence-corrected chi connectivity index (χ2v) is 7.09. The molecule has 5 unspecified atom stereocenters. The fourth-order valence-corrected chi connectivity index (χ4v) is 5.24. The van der Waals surface area contributed by atoms with Crippen molar-refractivity contribution < 1.29 is 4.39 Å². The molecule has 0 spiro atoms. The maximum Gasteiger partial charge on any atom is 0.141 e. The smallest absolute Gasteiger partial charge is 0.141 e. The van der Waals surface area contributed by atoms with Gasteiger partial charge < -0.3 is 5.73 Å². The van der Waals surface area contributed by atoms with Crippen LogP contribution in [0, 0.1) is 35.4 Å². The third-order valence-electron chi connectivity index (χ3n) is 5.74. The van der Waals surface area contributed by atoms with Crippen molar-refractivity contribution >= 4 is 11.6 Å². The molecule has 102 valence electrons. The van der Waals surface area contributed by atoms with Gasteiger partial charge in [-0.15, -0.1) is 0 Å². The first-order valence-corrected chi connectivity index (χ1v) is 7.72. The van der Waals surface area contributed by atoms with Gasteiger partial charge in [-0.25, -0.2) is 4.39 Å². The zero-order chi connectivity index (χ0) is 13.1. The molecule has 3 heteroatoms. The van der Waals surface area contributed by atoms with Crippen molar-refractivity contribution in [1.82, 2.24) is 0 Å². The van der Waals surface area contributed by atoms with E-state index in [0.29, 0.717) is 0 Å². The Morgan fingerprint density at radius 2 is 1.95 bits per heavy atom. The Hall–Kier alpha value is -0.600. The maximum absolute atomic E-state index is 13.1. The van der Waals surface area contributed by atoms with Crippen molar-refractivity contribution in [2.24, 2.45) is 35.3 Å². The van der Waals surface area contributed by atoms with Gasteiger partial charge in [0.15, 0.2) is 0 Å². The summed E-state index contributed by atoms with van der Waals surface area (Å²) in [7, 11) is 0. The summed E-state index contributed by atoms with van der Waals surface area (Å²) in [6.07, 6.45) is 5.15. The van der Waals surface area contributed by atoms with Crippen molar-refractivity contribution in [2.45, 2.75) is 31.7 Å². The predicted molar refractivity (Wildman–Crippen MR) is 74.4 cm³/mol. The van der Waals surface area contributed by atoms with Gasteiger partial charge in [0, 0.05) is 6.04 Å². The summed E-state index contributed by atoms with van der Waals surface area (Å²) in [5.41, 5.74) is 7.47. The molecule has 1 aromatic rings. The molecule has 3 aliphatic rings. The van der Waals surface area contributed by atoms with E-state index < -0.39 is 0 Å². The van der Waals surface area contributed by atoms with Crippen molar-refractivity contribution in [3.63, 3.8) is 0 Å². The van der Waals surface area contributed by atoms with Crippen molar-refractivity contribution in [1.29, 1.82) is 0 Å². The summed E-state index contributed by atoms with van der Waals surface area (Å²) >= 11 is 5.83. The van der Waals surface area contributed by atoms with Crippen LogP contribution in [0.3, 0.4) is 0 Å². The minimum atomic E-state index is -0.347. The van der Waals surface area contributed by atoms with E-state index in [1.54, 1.807) is 6.07 Å². The largest absolute Gasteiger partial charge is 0.327 e. The fraction of sp³-hybridized carbons (Fsp3) is 0.625. The lowest BCUT2D eigenvalue weighted by Gasteiger charge is -2.16. The summed E-state index contributed by atoms with van der Waals surface area (Å²) in [4.78, 5) is 0. The number of hydrogen-bond donors (Lipinski definition) is 1. The lowest BCUT2D eigenvalue weighted by atomic mass is 9.94. The molecule has 1 nitrogen and oxygen atoms in total. The Labute approximate surface area is 118 Å². The predicted octanol–water partition coefficient (Wildman–Crippen LogP) is 3.64. The van der Waals surface area contributed by atoms with Gasteiger partial charge in [-0.1, -0.05) is 17.7 Å². The van der Waals surface area contributed by atoms with Crippen LogP contribution in [0.2, 0.25) is 5.02 Å². The van der Waals surface area contributed by atoms with Gasteiger partial charge in [0.05, 0.1) is 5.02 Å². The van der Waals surface area contributed by atoms with Gasteiger partial charge in [-0.05, 0) is 73.0 Å². The normalized spacial score (nSPS) is 40.3. The van der Waals surface area contributed by atoms with Gasteiger partial charge in [0.1, 0.15) is 5.82 Å². The van der Waals surface area contributed by atoms with Gasteiger partial charge in [-0.3, -0.25) is 0 Å². The molecule has 5 atom stereocenters. The number of hydrogen-bond acceptors (Lipinski definition) is 1. The monoisotopic (exact) mass is 279 g/mol. The van der Waals surface area contributed by atoms with Gasteiger partial charge in [0.25, 0.3) is 0 Å². The van der Waals surface area contributed by atoms with Crippen LogP contribution in [0.5, 0.6) is 0 Å². The van der Waals surface area contributed by atoms with Crippen LogP contribution in [-0.2, 0) is 6.42 Å². The summed E-state index contributed by atoms with van der Waals surface area (Å²) < 4.78 is 13.1. The van der Waals surface area contributed by atoms with Crippen molar-refractivity contribution in [3.8, 4) is 0 Å². The lowest BCUT2D eigenvalue weighted by Crippen LogP contribution is -2.28. The fourth-order valence-electron chi connectivity index (χ4n) is 5.04. The van der Waals surface area contributed by atoms with Crippen LogP contribution in [-0.4, -0.2) is 6.04 Å². The molecular weight excluding hydrogens is 261 g/mol. The van der Waals surface area contributed by atoms with E-state index >= 15 is 0 Å². The summed E-state index contributed by atoms with van der Waals surface area (Å²) in [6, 6.07) is 5.21. The first kappa shape index (κ1) is 12.2. The van der Waals surface area contributed by atoms with E-state index in [-0.39, 0.29) is 16.9 Å². The summed E-state index contributed by atoms with van der Waals surface area (Å²) in [6.45, 7) is 0. The molecule has 3 saturated carbocycles. The minimum Gasteiger partial charge on any atom is -0.327 e. The van der Waals surface area contributed by atoms with Crippen LogP contribution in [0.15, 0.2) is 18.2 Å². The van der Waals surface area contributed by atoms with Crippen LogP contribution < -0.4 is 5.73 Å². The number of rotatable bonds is 3. The molecule has 2 N–H and O–H groups in total. The first-order chi connectivity index (χ1) is 9.15. The highest BCUT2D eigenvalue weighted by molar-refractivity contribution is 6.30.